The van der Waals surface area contributed by atoms with Crippen LogP contribution >= 0.6 is 0 Å². The van der Waals surface area contributed by atoms with Gasteiger partial charge in [-0.1, -0.05) is 26.7 Å². The average Bonchev–Trinajstić information content (AvgIpc) is 2.42. The van der Waals surface area contributed by atoms with Crippen molar-refractivity contribution in [2.24, 2.45) is 23.5 Å². The third kappa shape index (κ3) is 5.19. The SMILES string of the molecule is CC(C)C(=O)NCCNC(=O)C1CCCCC1CN. The van der Waals surface area contributed by atoms with Gasteiger partial charge in [0.25, 0.3) is 0 Å². The number of hydrogen-bond donors (Lipinski definition) is 3. The van der Waals surface area contributed by atoms with E-state index < -0.39 is 0 Å². The smallest absolute Gasteiger partial charge is 0.223 e. The van der Waals surface area contributed by atoms with E-state index in [2.05, 4.69) is 10.6 Å². The van der Waals surface area contributed by atoms with Crippen molar-refractivity contribution in [1.82, 2.24) is 10.6 Å². The zero-order chi connectivity index (χ0) is 14.3. The lowest BCUT2D eigenvalue weighted by atomic mass is 9.79. The molecular formula is C14H27N3O2. The van der Waals surface area contributed by atoms with Crippen LogP contribution in [0.25, 0.3) is 0 Å². The Morgan fingerprint density at radius 3 is 2.42 bits per heavy atom. The van der Waals surface area contributed by atoms with Gasteiger partial charge in [-0.2, -0.15) is 0 Å². The fraction of sp³-hybridized carbons (Fsp3) is 0.857. The summed E-state index contributed by atoms with van der Waals surface area (Å²) in [6.07, 6.45) is 4.28. The first-order valence-electron chi connectivity index (χ1n) is 7.31. The molecule has 0 aromatic carbocycles. The highest BCUT2D eigenvalue weighted by Crippen LogP contribution is 2.29. The zero-order valence-corrected chi connectivity index (χ0v) is 12.1. The first-order valence-corrected chi connectivity index (χ1v) is 7.31. The lowest BCUT2D eigenvalue weighted by Gasteiger charge is -2.29. The van der Waals surface area contributed by atoms with Gasteiger partial charge in [-0.15, -0.1) is 0 Å². The molecule has 0 aromatic heterocycles. The molecule has 2 amide bonds. The molecule has 1 saturated carbocycles. The molecule has 0 radical (unpaired) electrons. The number of amides is 2. The number of carbonyl (C=O) groups excluding carboxylic acids is 2. The molecular weight excluding hydrogens is 242 g/mol. The summed E-state index contributed by atoms with van der Waals surface area (Å²) in [6, 6.07) is 0. The van der Waals surface area contributed by atoms with Crippen LogP contribution in [0.4, 0.5) is 0 Å². The van der Waals surface area contributed by atoms with Crippen LogP contribution < -0.4 is 16.4 Å². The average molecular weight is 269 g/mol. The second kappa shape index (κ2) is 8.15. The van der Waals surface area contributed by atoms with E-state index >= 15 is 0 Å². The molecule has 0 aliphatic heterocycles. The van der Waals surface area contributed by atoms with E-state index in [-0.39, 0.29) is 23.7 Å². The number of rotatable bonds is 6. The van der Waals surface area contributed by atoms with Gasteiger partial charge in [0.05, 0.1) is 0 Å². The minimum absolute atomic E-state index is 0.0179. The van der Waals surface area contributed by atoms with Crippen molar-refractivity contribution in [3.05, 3.63) is 0 Å². The van der Waals surface area contributed by atoms with Crippen LogP contribution in [0.2, 0.25) is 0 Å². The lowest BCUT2D eigenvalue weighted by Crippen LogP contribution is -2.42. The third-order valence-electron chi connectivity index (χ3n) is 3.80. The molecule has 1 aliphatic rings. The first kappa shape index (κ1) is 16.0. The minimum Gasteiger partial charge on any atom is -0.354 e. The van der Waals surface area contributed by atoms with Gasteiger partial charge in [-0.3, -0.25) is 9.59 Å². The van der Waals surface area contributed by atoms with Crippen molar-refractivity contribution in [2.45, 2.75) is 39.5 Å². The monoisotopic (exact) mass is 269 g/mol. The number of carbonyl (C=O) groups is 2. The zero-order valence-electron chi connectivity index (χ0n) is 12.1. The Balaban J connectivity index is 2.24. The number of nitrogens with two attached hydrogens (primary N) is 1. The molecule has 0 heterocycles. The summed E-state index contributed by atoms with van der Waals surface area (Å²) >= 11 is 0. The Morgan fingerprint density at radius 1 is 1.16 bits per heavy atom. The van der Waals surface area contributed by atoms with Crippen molar-refractivity contribution in [3.63, 3.8) is 0 Å². The van der Waals surface area contributed by atoms with E-state index in [0.717, 1.165) is 19.3 Å². The van der Waals surface area contributed by atoms with Gasteiger partial charge in [0.1, 0.15) is 0 Å². The van der Waals surface area contributed by atoms with Crippen LogP contribution in [-0.2, 0) is 9.59 Å². The predicted molar refractivity (Wildman–Crippen MR) is 75.4 cm³/mol. The second-order valence-corrected chi connectivity index (χ2v) is 5.62. The van der Waals surface area contributed by atoms with Gasteiger partial charge in [0, 0.05) is 24.9 Å². The Morgan fingerprint density at radius 2 is 1.79 bits per heavy atom. The Kier molecular flexibility index (Phi) is 6.84. The Hall–Kier alpha value is -1.10. The van der Waals surface area contributed by atoms with Gasteiger partial charge in [0.15, 0.2) is 0 Å². The summed E-state index contributed by atoms with van der Waals surface area (Å²) in [5, 5.41) is 5.69. The predicted octanol–water partition coefficient (Wildman–Crippen LogP) is 0.640. The minimum atomic E-state index is -0.0179. The second-order valence-electron chi connectivity index (χ2n) is 5.62. The summed E-state index contributed by atoms with van der Waals surface area (Å²) in [5.41, 5.74) is 5.72. The van der Waals surface area contributed by atoms with Crippen molar-refractivity contribution < 1.29 is 9.59 Å². The van der Waals surface area contributed by atoms with Gasteiger partial charge in [0.2, 0.25) is 11.8 Å². The van der Waals surface area contributed by atoms with Gasteiger partial charge < -0.3 is 16.4 Å². The Bertz CT molecular complexity index is 305. The molecule has 0 aromatic rings. The van der Waals surface area contributed by atoms with Gasteiger partial charge >= 0.3 is 0 Å². The normalized spacial score (nSPS) is 23.2. The summed E-state index contributed by atoms with van der Waals surface area (Å²) in [7, 11) is 0. The standard InChI is InChI=1S/C14H27N3O2/c1-10(2)13(18)16-7-8-17-14(19)12-6-4-3-5-11(12)9-15/h10-12H,3-9,15H2,1-2H3,(H,16,18)(H,17,19). The maximum atomic E-state index is 12.1. The van der Waals surface area contributed by atoms with Crippen molar-refractivity contribution in [1.29, 1.82) is 0 Å². The fourth-order valence-corrected chi connectivity index (χ4v) is 2.54. The molecule has 5 heteroatoms. The van der Waals surface area contributed by atoms with Crippen LogP contribution in [0.5, 0.6) is 0 Å². The van der Waals surface area contributed by atoms with Crippen molar-refractivity contribution in [3.8, 4) is 0 Å². The summed E-state index contributed by atoms with van der Waals surface area (Å²) < 4.78 is 0. The molecule has 2 atom stereocenters. The molecule has 0 saturated heterocycles. The van der Waals surface area contributed by atoms with Gasteiger partial charge in [-0.05, 0) is 25.3 Å². The third-order valence-corrected chi connectivity index (χ3v) is 3.80. The van der Waals surface area contributed by atoms with Crippen LogP contribution in [0.1, 0.15) is 39.5 Å². The lowest BCUT2D eigenvalue weighted by molar-refractivity contribution is -0.128. The van der Waals surface area contributed by atoms with Crippen LogP contribution in [0.3, 0.4) is 0 Å². The van der Waals surface area contributed by atoms with Crippen molar-refractivity contribution in [2.75, 3.05) is 19.6 Å². The topological polar surface area (TPSA) is 84.2 Å². The maximum absolute atomic E-state index is 12.1. The summed E-state index contributed by atoms with van der Waals surface area (Å²) in [6.45, 7) is 5.26. The highest BCUT2D eigenvalue weighted by atomic mass is 16.2. The molecule has 19 heavy (non-hydrogen) atoms. The van der Waals surface area contributed by atoms with E-state index in [1.807, 2.05) is 13.8 Å². The Labute approximate surface area is 115 Å². The highest BCUT2D eigenvalue weighted by molar-refractivity contribution is 5.79. The molecule has 0 bridgehead atoms. The van der Waals surface area contributed by atoms with Crippen molar-refractivity contribution >= 4 is 11.8 Å². The van der Waals surface area contributed by atoms with E-state index in [1.54, 1.807) is 0 Å². The molecule has 2 unspecified atom stereocenters. The van der Waals surface area contributed by atoms with Crippen LogP contribution in [0, 0.1) is 17.8 Å². The molecule has 1 aliphatic carbocycles. The van der Waals surface area contributed by atoms with E-state index in [4.69, 9.17) is 5.73 Å². The molecule has 1 fully saturated rings. The molecule has 0 spiro atoms. The van der Waals surface area contributed by atoms with Crippen LogP contribution in [-0.4, -0.2) is 31.4 Å². The first-order chi connectivity index (χ1) is 9.06. The number of hydrogen-bond acceptors (Lipinski definition) is 3. The summed E-state index contributed by atoms with van der Waals surface area (Å²) in [4.78, 5) is 23.4. The fourth-order valence-electron chi connectivity index (χ4n) is 2.54. The molecule has 1 rings (SSSR count). The van der Waals surface area contributed by atoms with E-state index in [9.17, 15) is 9.59 Å². The molecule has 110 valence electrons. The van der Waals surface area contributed by atoms with Crippen LogP contribution in [0.15, 0.2) is 0 Å². The van der Waals surface area contributed by atoms with Gasteiger partial charge in [-0.25, -0.2) is 0 Å². The highest BCUT2D eigenvalue weighted by Gasteiger charge is 2.29. The summed E-state index contributed by atoms with van der Waals surface area (Å²) in [5.74, 6) is 0.468. The molecule has 4 N–H and O–H groups in total. The number of nitrogens with one attached hydrogen (secondary N) is 2. The largest absolute Gasteiger partial charge is 0.354 e. The maximum Gasteiger partial charge on any atom is 0.223 e. The van der Waals surface area contributed by atoms with E-state index in [1.165, 1.54) is 6.42 Å². The molecule has 5 nitrogen and oxygen atoms in total. The quantitative estimate of drug-likeness (QED) is 0.619. The van der Waals surface area contributed by atoms with E-state index in [0.29, 0.717) is 25.6 Å².